The van der Waals surface area contributed by atoms with Crippen LogP contribution in [0.1, 0.15) is 170 Å². The predicted octanol–water partition coefficient (Wildman–Crippen LogP) is 4.71. The molecule has 1 aliphatic heterocycles. The van der Waals surface area contributed by atoms with E-state index in [1.807, 2.05) is 82.2 Å². The number of hydrogen-bond acceptors (Lipinski definition) is 14. The zero-order chi connectivity index (χ0) is 72.7. The van der Waals surface area contributed by atoms with Crippen molar-refractivity contribution in [3.63, 3.8) is 0 Å². The van der Waals surface area contributed by atoms with Crippen LogP contribution in [0.25, 0.3) is 0 Å². The average molecular weight is 1350 g/mol. The Balaban J connectivity index is 4.55. The third-order valence-electron chi connectivity index (χ3n) is 18.1. The van der Waals surface area contributed by atoms with Crippen LogP contribution >= 0.6 is 11.8 Å². The summed E-state index contributed by atoms with van der Waals surface area (Å²) in [5, 5.41) is 23.5. The molecule has 11 amide bonds. The van der Waals surface area contributed by atoms with Gasteiger partial charge in [-0.05, 0) is 114 Å². The highest BCUT2D eigenvalue weighted by Gasteiger charge is 2.46. The summed E-state index contributed by atoms with van der Waals surface area (Å²) >= 11 is 1.44. The second-order valence-corrected chi connectivity index (χ2v) is 29.6. The van der Waals surface area contributed by atoms with E-state index in [0.29, 0.717) is 18.7 Å². The molecular weight excluding hydrogens is 1220 g/mol. The van der Waals surface area contributed by atoms with E-state index in [-0.39, 0.29) is 61.5 Å². The molecule has 1 aliphatic rings. The standard InChI is InChI=1S/C69H126N12O12S/c1-27-31-32-46(17)58(82)57-62(86)72-49(28-2)64(88)78(24)54(39-94-34-33-81(29-3)30-4)67(91)74(20)51(36-41(7)8)61(85)73-55(44(13)14)68(92)75(21)50(35-40(5)6)60(84)70-47(18)59(83)71-48(19)63(87)76(22)52(37-42(9)10)65(89)77(23)53(38-43(11)12)66(90)79(25)56(45(15)16)69(93)80(57)26/h27,31,40-58,82H,28-30,32-39H2,1-26H3,(H,70,84)(H,71,83)(H,72,86)(H,73,85)/t46-,47-,48+,49-,50-,51+,52+,53-,54-,55-,56-,57-,58-/m1/s1. The summed E-state index contributed by atoms with van der Waals surface area (Å²) in [4.78, 5) is 175. The van der Waals surface area contributed by atoms with E-state index in [4.69, 9.17) is 0 Å². The summed E-state index contributed by atoms with van der Waals surface area (Å²) < 4.78 is 0. The number of amides is 11. The van der Waals surface area contributed by atoms with Gasteiger partial charge in [0.25, 0.3) is 0 Å². The largest absolute Gasteiger partial charge is 0.390 e. The number of nitrogens with one attached hydrogen (secondary N) is 4. The number of thioether (sulfide) groups is 1. The first kappa shape index (κ1) is 86.2. The number of carbonyl (C=O) groups is 11. The van der Waals surface area contributed by atoms with Crippen molar-refractivity contribution >= 4 is 76.7 Å². The van der Waals surface area contributed by atoms with Crippen LogP contribution in [0.2, 0.25) is 0 Å². The van der Waals surface area contributed by atoms with Crippen molar-refractivity contribution in [2.45, 2.75) is 243 Å². The molecule has 1 heterocycles. The molecule has 24 nitrogen and oxygen atoms in total. The summed E-state index contributed by atoms with van der Waals surface area (Å²) in [6.45, 7) is 36.5. The van der Waals surface area contributed by atoms with E-state index in [0.717, 1.165) is 18.0 Å². The van der Waals surface area contributed by atoms with Gasteiger partial charge in [-0.3, -0.25) is 52.7 Å². The highest BCUT2D eigenvalue weighted by molar-refractivity contribution is 7.99. The van der Waals surface area contributed by atoms with E-state index in [1.165, 1.54) is 104 Å². The van der Waals surface area contributed by atoms with E-state index < -0.39 is 155 Å². The summed E-state index contributed by atoms with van der Waals surface area (Å²) in [7, 11) is 10.1. The molecule has 0 aromatic heterocycles. The van der Waals surface area contributed by atoms with Crippen LogP contribution in [-0.2, 0) is 52.7 Å². The molecule has 540 valence electrons. The Morgan fingerprint density at radius 1 is 0.457 bits per heavy atom. The van der Waals surface area contributed by atoms with E-state index in [1.54, 1.807) is 47.6 Å². The fourth-order valence-electron chi connectivity index (χ4n) is 11.9. The normalized spacial score (nSPS) is 26.3. The van der Waals surface area contributed by atoms with Gasteiger partial charge in [-0.15, -0.1) is 0 Å². The second kappa shape index (κ2) is 40.7. The minimum Gasteiger partial charge on any atom is -0.390 e. The quantitative estimate of drug-likeness (QED) is 0.0726. The first-order valence-corrected chi connectivity index (χ1v) is 35.4. The Morgan fingerprint density at radius 3 is 1.31 bits per heavy atom. The van der Waals surface area contributed by atoms with Crippen molar-refractivity contribution in [1.82, 2.24) is 60.5 Å². The summed E-state index contributed by atoms with van der Waals surface area (Å²) in [5.41, 5.74) is 0. The van der Waals surface area contributed by atoms with Gasteiger partial charge in [-0.25, -0.2) is 0 Å². The molecule has 13 atom stereocenters. The van der Waals surface area contributed by atoms with Crippen molar-refractivity contribution in [3.8, 4) is 0 Å². The fraction of sp³-hybridized carbons (Fsp3) is 0.812. The smallest absolute Gasteiger partial charge is 0.246 e. The van der Waals surface area contributed by atoms with Gasteiger partial charge in [0, 0.05) is 67.4 Å². The van der Waals surface area contributed by atoms with Crippen molar-refractivity contribution < 1.29 is 57.8 Å². The van der Waals surface area contributed by atoms with Crippen molar-refractivity contribution in [3.05, 3.63) is 12.2 Å². The highest BCUT2D eigenvalue weighted by atomic mass is 32.2. The van der Waals surface area contributed by atoms with Gasteiger partial charge in [0.15, 0.2) is 0 Å². The molecule has 0 aliphatic carbocycles. The molecule has 0 bridgehead atoms. The average Bonchev–Trinajstić information content (AvgIpc) is 0.858. The first-order chi connectivity index (χ1) is 43.6. The molecule has 1 rings (SSSR count). The minimum absolute atomic E-state index is 0.0108. The van der Waals surface area contributed by atoms with Crippen LogP contribution < -0.4 is 21.3 Å². The zero-order valence-electron chi connectivity index (χ0n) is 62.3. The van der Waals surface area contributed by atoms with Gasteiger partial charge < -0.3 is 65.6 Å². The maximum absolute atomic E-state index is 15.4. The summed E-state index contributed by atoms with van der Waals surface area (Å²) in [5.74, 6) is -9.04. The number of hydrogen-bond donors (Lipinski definition) is 5. The van der Waals surface area contributed by atoms with Gasteiger partial charge in [0.2, 0.25) is 65.0 Å². The Morgan fingerprint density at radius 2 is 0.862 bits per heavy atom. The topological polar surface area (TPSA) is 282 Å². The van der Waals surface area contributed by atoms with Crippen LogP contribution in [0.4, 0.5) is 0 Å². The Kier molecular flexibility index (Phi) is 37.3. The number of aliphatic hydroxyl groups excluding tert-OH is 1. The van der Waals surface area contributed by atoms with Crippen LogP contribution in [0, 0.1) is 41.4 Å². The second-order valence-electron chi connectivity index (χ2n) is 28.4. The maximum atomic E-state index is 15.4. The molecule has 0 unspecified atom stereocenters. The third-order valence-corrected chi connectivity index (χ3v) is 19.1. The Bertz CT molecular complexity index is 2530. The van der Waals surface area contributed by atoms with Crippen LogP contribution in [0.5, 0.6) is 0 Å². The number of allylic oxidation sites excluding steroid dienone is 2. The number of carbonyl (C=O) groups excluding carboxylic acids is 11. The van der Waals surface area contributed by atoms with Crippen LogP contribution in [-0.4, -0.2) is 262 Å². The molecule has 1 saturated heterocycles. The van der Waals surface area contributed by atoms with Gasteiger partial charge in [0.1, 0.15) is 66.5 Å². The first-order valence-electron chi connectivity index (χ1n) is 34.3. The number of nitrogens with zero attached hydrogens (tertiary/aromatic N) is 8. The summed E-state index contributed by atoms with van der Waals surface area (Å²) in [6, 6.07) is -13.7. The molecule has 0 radical (unpaired) electrons. The maximum Gasteiger partial charge on any atom is 0.246 e. The zero-order valence-corrected chi connectivity index (χ0v) is 63.1. The van der Waals surface area contributed by atoms with E-state index in [2.05, 4.69) is 26.2 Å². The molecule has 25 heteroatoms. The molecule has 0 spiro atoms. The van der Waals surface area contributed by atoms with Gasteiger partial charge in [0.05, 0.1) is 6.10 Å². The lowest BCUT2D eigenvalue weighted by Gasteiger charge is -2.41. The van der Waals surface area contributed by atoms with Crippen molar-refractivity contribution in [2.24, 2.45) is 41.4 Å². The van der Waals surface area contributed by atoms with Gasteiger partial charge in [-0.2, -0.15) is 11.8 Å². The Hall–Kier alpha value is -5.82. The highest BCUT2D eigenvalue weighted by Crippen LogP contribution is 2.26. The lowest BCUT2D eigenvalue weighted by molar-refractivity contribution is -0.157. The molecular formula is C69H126N12O12S. The van der Waals surface area contributed by atoms with Gasteiger partial charge in [-0.1, -0.05) is 123 Å². The van der Waals surface area contributed by atoms with Crippen molar-refractivity contribution in [1.29, 1.82) is 0 Å². The molecule has 1 fully saturated rings. The van der Waals surface area contributed by atoms with Crippen LogP contribution in [0.3, 0.4) is 0 Å². The molecule has 0 aromatic rings. The lowest BCUT2D eigenvalue weighted by Crippen LogP contribution is -2.64. The van der Waals surface area contributed by atoms with E-state index >= 15 is 28.8 Å². The number of rotatable bonds is 22. The SMILES string of the molecule is CC=CC[C@@H](C)[C@@H](O)[C@@H]1C(=O)N[C@H](CC)C(=O)N(C)[C@H](CSCCN(CC)CC)C(=O)N(C)[C@@H](CC(C)C)C(=O)N[C@H](C(C)C)C(=O)N(C)[C@H](CC(C)C)C(=O)N[C@H](C)C(=O)N[C@@H](C)C(=O)N(C)[C@@H](CC(C)C)C(=O)N(C)[C@H](CC(C)C)C(=O)N(C)[C@H](C(C)C)C(=O)N1C. The minimum atomic E-state index is -1.63. The predicted molar refractivity (Wildman–Crippen MR) is 372 cm³/mol. The molecule has 0 saturated carbocycles. The lowest BCUT2D eigenvalue weighted by atomic mass is 9.91. The molecule has 94 heavy (non-hydrogen) atoms. The summed E-state index contributed by atoms with van der Waals surface area (Å²) in [6.07, 6.45) is 3.01. The van der Waals surface area contributed by atoms with E-state index in [9.17, 15) is 29.1 Å². The van der Waals surface area contributed by atoms with Crippen molar-refractivity contribution in [2.75, 3.05) is 80.5 Å². The third kappa shape index (κ3) is 24.7. The van der Waals surface area contributed by atoms with Crippen LogP contribution in [0.15, 0.2) is 12.2 Å². The monoisotopic (exact) mass is 1350 g/mol. The Labute approximate surface area is 569 Å². The molecule has 5 N–H and O–H groups in total. The fourth-order valence-corrected chi connectivity index (χ4v) is 13.1. The van der Waals surface area contributed by atoms with Gasteiger partial charge >= 0.3 is 0 Å². The number of aliphatic hydroxyl groups is 1. The number of likely N-dealkylation sites (N-methyl/N-ethyl adjacent to an activating group) is 7. The molecule has 0 aromatic carbocycles.